The van der Waals surface area contributed by atoms with Gasteiger partial charge in [0.05, 0.1) is 17.7 Å². The van der Waals surface area contributed by atoms with Gasteiger partial charge in [0, 0.05) is 26.3 Å². The van der Waals surface area contributed by atoms with Gasteiger partial charge in [-0.15, -0.1) is 0 Å². The number of aliphatic hydroxyl groups excluding tert-OH is 1. The number of benzene rings is 1. The minimum atomic E-state index is -0.870. The Hall–Kier alpha value is -3.64. The lowest BCUT2D eigenvalue weighted by molar-refractivity contribution is 0.0194. The van der Waals surface area contributed by atoms with Crippen LogP contribution in [0.2, 0.25) is 0 Å². The molecule has 0 unspecified atom stereocenters. The molecule has 3 aromatic rings. The van der Waals surface area contributed by atoms with Crippen LogP contribution in [-0.4, -0.2) is 60.3 Å². The van der Waals surface area contributed by atoms with Gasteiger partial charge in [0.15, 0.2) is 5.69 Å². The highest BCUT2D eigenvalue weighted by Gasteiger charge is 2.39. The van der Waals surface area contributed by atoms with Crippen molar-refractivity contribution in [1.82, 2.24) is 29.6 Å². The Morgan fingerprint density at radius 3 is 2.69 bits per heavy atom. The summed E-state index contributed by atoms with van der Waals surface area (Å²) < 4.78 is 22.1. The van der Waals surface area contributed by atoms with Gasteiger partial charge >= 0.3 is 0 Å². The van der Waals surface area contributed by atoms with Gasteiger partial charge < -0.3 is 20.3 Å². The largest absolute Gasteiger partial charge is 0.501 e. The molecule has 4 rings (SSSR count). The van der Waals surface area contributed by atoms with E-state index < -0.39 is 34.1 Å². The molecule has 12 heteroatoms. The number of nitrogens with one attached hydrogen (secondary N) is 1. The molecule has 1 aliphatic rings. The Bertz CT molecular complexity index is 1300. The Morgan fingerprint density at radius 2 is 2.06 bits per heavy atom. The summed E-state index contributed by atoms with van der Waals surface area (Å²) in [5.74, 6) is -1.28. The molecule has 1 fully saturated rings. The third-order valence-electron chi connectivity index (χ3n) is 6.34. The maximum atomic E-state index is 13.9. The normalized spacial score (nSPS) is 15.2. The van der Waals surface area contributed by atoms with E-state index >= 15 is 0 Å². The van der Waals surface area contributed by atoms with Gasteiger partial charge in [0.2, 0.25) is 5.75 Å². The zero-order valence-corrected chi connectivity index (χ0v) is 19.5. The van der Waals surface area contributed by atoms with Crippen molar-refractivity contribution in [3.63, 3.8) is 0 Å². The number of hydrogen-bond acceptors (Lipinski definition) is 8. The van der Waals surface area contributed by atoms with E-state index in [1.165, 1.54) is 33.8 Å². The van der Waals surface area contributed by atoms with Crippen LogP contribution in [0.5, 0.6) is 5.75 Å². The monoisotopic (exact) mass is 486 g/mol. The molecule has 0 atom stereocenters. The number of ether oxygens (including phenoxy) is 1. The third-order valence-corrected chi connectivity index (χ3v) is 6.34. The average molecular weight is 487 g/mol. The van der Waals surface area contributed by atoms with Crippen LogP contribution in [-0.2, 0) is 23.2 Å². The SMILES string of the molecule is CCn1c(C2(CO)CCOCC2)nc(C(=O)NCc2ccc(F)cc2-n2ncnc2C)c(O)c1=O. The summed E-state index contributed by atoms with van der Waals surface area (Å²) in [5, 5.41) is 27.5. The summed E-state index contributed by atoms with van der Waals surface area (Å²) in [6.45, 7) is 4.04. The summed E-state index contributed by atoms with van der Waals surface area (Å²) in [4.78, 5) is 34.4. The van der Waals surface area contributed by atoms with Crippen LogP contribution in [0.1, 0.15) is 47.5 Å². The molecule has 186 valence electrons. The molecule has 1 saturated heterocycles. The van der Waals surface area contributed by atoms with E-state index in [2.05, 4.69) is 20.4 Å². The molecule has 3 heterocycles. The van der Waals surface area contributed by atoms with Gasteiger partial charge in [-0.3, -0.25) is 14.2 Å². The topological polar surface area (TPSA) is 144 Å². The van der Waals surface area contributed by atoms with E-state index in [1.54, 1.807) is 13.8 Å². The summed E-state index contributed by atoms with van der Waals surface area (Å²) in [6.07, 6.45) is 2.16. The first-order chi connectivity index (χ1) is 16.8. The number of carbonyl (C=O) groups is 1. The van der Waals surface area contributed by atoms with Crippen LogP contribution < -0.4 is 10.9 Å². The molecule has 2 aromatic heterocycles. The molecule has 0 bridgehead atoms. The fourth-order valence-corrected chi connectivity index (χ4v) is 4.29. The Balaban J connectivity index is 1.68. The smallest absolute Gasteiger partial charge is 0.296 e. The van der Waals surface area contributed by atoms with Crippen LogP contribution in [0.4, 0.5) is 4.39 Å². The molecule has 0 aliphatic carbocycles. The number of halogens is 1. The van der Waals surface area contributed by atoms with Crippen molar-refractivity contribution in [3.8, 4) is 11.4 Å². The van der Waals surface area contributed by atoms with E-state index in [4.69, 9.17) is 4.74 Å². The van der Waals surface area contributed by atoms with Gasteiger partial charge in [0.25, 0.3) is 11.5 Å². The highest BCUT2D eigenvalue weighted by atomic mass is 19.1. The lowest BCUT2D eigenvalue weighted by Gasteiger charge is -2.36. The fraction of sp³-hybridized carbons (Fsp3) is 0.435. The van der Waals surface area contributed by atoms with E-state index in [-0.39, 0.29) is 25.5 Å². The van der Waals surface area contributed by atoms with Crippen molar-refractivity contribution < 1.29 is 24.1 Å². The quantitative estimate of drug-likeness (QED) is 0.448. The number of aryl methyl sites for hydroxylation is 1. The van der Waals surface area contributed by atoms with Gasteiger partial charge in [-0.1, -0.05) is 6.07 Å². The molecule has 0 spiro atoms. The first-order valence-electron chi connectivity index (χ1n) is 11.3. The predicted molar refractivity (Wildman–Crippen MR) is 122 cm³/mol. The molecule has 3 N–H and O–H groups in total. The molecule has 1 aliphatic heterocycles. The van der Waals surface area contributed by atoms with Crippen molar-refractivity contribution in [2.24, 2.45) is 0 Å². The molecule has 1 aromatic carbocycles. The number of aromatic nitrogens is 5. The van der Waals surface area contributed by atoms with E-state index in [0.717, 1.165) is 0 Å². The van der Waals surface area contributed by atoms with Crippen LogP contribution in [0.25, 0.3) is 5.69 Å². The second-order valence-corrected chi connectivity index (χ2v) is 8.41. The van der Waals surface area contributed by atoms with Crippen molar-refractivity contribution in [2.75, 3.05) is 19.8 Å². The number of carbonyl (C=O) groups excluding carboxylic acids is 1. The van der Waals surface area contributed by atoms with Gasteiger partial charge in [-0.25, -0.2) is 19.0 Å². The van der Waals surface area contributed by atoms with Crippen LogP contribution in [0.3, 0.4) is 0 Å². The van der Waals surface area contributed by atoms with Crippen LogP contribution in [0.15, 0.2) is 29.3 Å². The Kier molecular flexibility index (Phi) is 6.94. The van der Waals surface area contributed by atoms with Crippen molar-refractivity contribution in [3.05, 3.63) is 63.6 Å². The Morgan fingerprint density at radius 1 is 1.31 bits per heavy atom. The average Bonchev–Trinajstić information content (AvgIpc) is 3.30. The highest BCUT2D eigenvalue weighted by Crippen LogP contribution is 2.33. The van der Waals surface area contributed by atoms with Gasteiger partial charge in [0.1, 0.15) is 23.8 Å². The standard InChI is InChI=1S/C23H27FN6O5/c1-3-29-21(34)19(32)18(28-22(29)23(12-31)6-8-35-9-7-23)20(33)25-11-15-4-5-16(24)10-17(15)30-14(2)26-13-27-30/h4-5,10,13,31-32H,3,6-9,11-12H2,1-2H3,(H,25,33). The molecule has 35 heavy (non-hydrogen) atoms. The van der Waals surface area contributed by atoms with Crippen LogP contribution >= 0.6 is 0 Å². The van der Waals surface area contributed by atoms with E-state index in [0.29, 0.717) is 43.1 Å². The predicted octanol–water partition coefficient (Wildman–Crippen LogP) is 0.968. The van der Waals surface area contributed by atoms with E-state index in [9.17, 15) is 24.2 Å². The van der Waals surface area contributed by atoms with Crippen molar-refractivity contribution in [2.45, 2.75) is 45.2 Å². The molecule has 11 nitrogen and oxygen atoms in total. The van der Waals surface area contributed by atoms with Gasteiger partial charge in [-0.2, -0.15) is 5.10 Å². The number of rotatable bonds is 7. The molecule has 1 amide bonds. The minimum Gasteiger partial charge on any atom is -0.501 e. The second kappa shape index (κ2) is 9.92. The molecule has 0 radical (unpaired) electrons. The molecule has 0 saturated carbocycles. The number of aromatic hydroxyl groups is 1. The number of aliphatic hydroxyl groups is 1. The Labute approximate surface area is 200 Å². The first-order valence-corrected chi connectivity index (χ1v) is 11.3. The van der Waals surface area contributed by atoms with Gasteiger partial charge in [-0.05, 0) is 44.4 Å². The zero-order valence-electron chi connectivity index (χ0n) is 19.5. The summed E-state index contributed by atoms with van der Waals surface area (Å²) in [7, 11) is 0. The zero-order chi connectivity index (χ0) is 25.2. The summed E-state index contributed by atoms with van der Waals surface area (Å²) in [6, 6.07) is 4.03. The molecular formula is C23H27FN6O5. The maximum absolute atomic E-state index is 13.9. The van der Waals surface area contributed by atoms with E-state index in [1.807, 2.05) is 0 Å². The first kappa shape index (κ1) is 24.5. The number of nitrogens with zero attached hydrogens (tertiary/aromatic N) is 5. The minimum absolute atomic E-state index is 0.0555. The third kappa shape index (κ3) is 4.54. The van der Waals surface area contributed by atoms with Crippen molar-refractivity contribution in [1.29, 1.82) is 0 Å². The van der Waals surface area contributed by atoms with Crippen LogP contribution in [0, 0.1) is 12.7 Å². The lowest BCUT2D eigenvalue weighted by Crippen LogP contribution is -2.44. The second-order valence-electron chi connectivity index (χ2n) is 8.41. The number of amides is 1. The van der Waals surface area contributed by atoms with Crippen molar-refractivity contribution >= 4 is 5.91 Å². The summed E-state index contributed by atoms with van der Waals surface area (Å²) >= 11 is 0. The maximum Gasteiger partial charge on any atom is 0.296 e. The lowest BCUT2D eigenvalue weighted by atomic mass is 9.79. The fourth-order valence-electron chi connectivity index (χ4n) is 4.29. The molecular weight excluding hydrogens is 459 g/mol. The summed E-state index contributed by atoms with van der Waals surface area (Å²) in [5.41, 5.74) is -1.14. The highest BCUT2D eigenvalue weighted by molar-refractivity contribution is 5.94. The number of hydrogen-bond donors (Lipinski definition) is 3.